The van der Waals surface area contributed by atoms with E-state index in [0.717, 1.165) is 0 Å². The minimum atomic E-state index is -0.779. The van der Waals surface area contributed by atoms with Crippen molar-refractivity contribution in [3.8, 4) is 0 Å². The zero-order valence-electron chi connectivity index (χ0n) is 9.13. The van der Waals surface area contributed by atoms with E-state index in [-0.39, 0.29) is 16.5 Å². The summed E-state index contributed by atoms with van der Waals surface area (Å²) in [6.07, 6.45) is 0. The number of amides is 1. The van der Waals surface area contributed by atoms with Crippen LogP contribution in [0.15, 0.2) is 23.2 Å². The lowest BCUT2D eigenvalue weighted by molar-refractivity contribution is -0.120. The number of guanidine groups is 1. The van der Waals surface area contributed by atoms with Crippen LogP contribution in [0, 0.1) is 5.82 Å². The first-order valence-electron chi connectivity index (χ1n) is 5.19. The second kappa shape index (κ2) is 4.71. The fourth-order valence-corrected chi connectivity index (χ4v) is 1.81. The molecule has 4 nitrogen and oxygen atoms in total. The molecule has 0 radical (unpaired) electrons. The van der Waals surface area contributed by atoms with E-state index < -0.39 is 11.9 Å². The van der Waals surface area contributed by atoms with Crippen molar-refractivity contribution in [3.05, 3.63) is 34.6 Å². The van der Waals surface area contributed by atoms with Crippen molar-refractivity contribution in [2.45, 2.75) is 13.0 Å². The maximum Gasteiger partial charge on any atom is 0.254 e. The average molecular weight is 256 g/mol. The van der Waals surface area contributed by atoms with Gasteiger partial charge in [0.05, 0.1) is 5.02 Å². The van der Waals surface area contributed by atoms with Gasteiger partial charge in [0.2, 0.25) is 0 Å². The van der Waals surface area contributed by atoms with E-state index in [9.17, 15) is 9.18 Å². The van der Waals surface area contributed by atoms with Gasteiger partial charge in [0.15, 0.2) is 5.96 Å². The van der Waals surface area contributed by atoms with Crippen LogP contribution in [0.1, 0.15) is 18.5 Å². The summed E-state index contributed by atoms with van der Waals surface area (Å²) in [5.41, 5.74) is 0.219. The maximum atomic E-state index is 13.7. The molecular weight excluding hydrogens is 245 g/mol. The van der Waals surface area contributed by atoms with Crippen molar-refractivity contribution in [3.63, 3.8) is 0 Å². The van der Waals surface area contributed by atoms with Gasteiger partial charge in [0.1, 0.15) is 11.9 Å². The zero-order chi connectivity index (χ0) is 12.4. The molecule has 0 aromatic heterocycles. The number of benzene rings is 1. The fraction of sp³-hybridized carbons (Fsp3) is 0.273. The molecule has 1 amide bonds. The number of carbonyl (C=O) groups is 1. The Hall–Kier alpha value is -1.62. The highest BCUT2D eigenvalue weighted by Crippen LogP contribution is 2.25. The number of aliphatic imine (C=N–C) groups is 1. The van der Waals surface area contributed by atoms with E-state index in [1.54, 1.807) is 6.07 Å². The number of hydrogen-bond acceptors (Lipinski definition) is 2. The number of nitrogens with zero attached hydrogens (tertiary/aromatic N) is 1. The summed E-state index contributed by atoms with van der Waals surface area (Å²) in [7, 11) is 0. The summed E-state index contributed by atoms with van der Waals surface area (Å²) in [5.74, 6) is -0.556. The SMILES string of the molecule is CCN=C1NC(=O)C(c2cccc(Cl)c2F)N1. The van der Waals surface area contributed by atoms with E-state index in [2.05, 4.69) is 15.6 Å². The number of carbonyl (C=O) groups excluding carboxylic acids is 1. The Bertz CT molecular complexity index is 490. The molecule has 1 aliphatic heterocycles. The maximum absolute atomic E-state index is 13.7. The van der Waals surface area contributed by atoms with Crippen LogP contribution in [0.25, 0.3) is 0 Å². The van der Waals surface area contributed by atoms with Crippen LogP contribution in [0.2, 0.25) is 5.02 Å². The second-order valence-corrected chi connectivity index (χ2v) is 3.94. The van der Waals surface area contributed by atoms with Gasteiger partial charge in [0, 0.05) is 12.1 Å². The lowest BCUT2D eigenvalue weighted by Gasteiger charge is -2.09. The molecule has 1 heterocycles. The summed E-state index contributed by atoms with van der Waals surface area (Å²) < 4.78 is 13.7. The first kappa shape index (κ1) is 11.9. The molecule has 1 unspecified atom stereocenters. The van der Waals surface area contributed by atoms with Crippen molar-refractivity contribution in [1.29, 1.82) is 0 Å². The van der Waals surface area contributed by atoms with Crippen LogP contribution in [-0.2, 0) is 4.79 Å². The molecular formula is C11H11ClFN3O. The summed E-state index contributed by atoms with van der Waals surface area (Å²) in [4.78, 5) is 15.7. The normalized spacial score (nSPS) is 21.5. The molecule has 0 saturated carbocycles. The van der Waals surface area contributed by atoms with E-state index in [1.807, 2.05) is 6.92 Å². The second-order valence-electron chi connectivity index (χ2n) is 3.53. The zero-order valence-corrected chi connectivity index (χ0v) is 9.88. The molecule has 0 bridgehead atoms. The Labute approximate surface area is 103 Å². The molecule has 1 fully saturated rings. The van der Waals surface area contributed by atoms with E-state index in [4.69, 9.17) is 11.6 Å². The van der Waals surface area contributed by atoms with Crippen LogP contribution in [0.3, 0.4) is 0 Å². The Kier molecular flexibility index (Phi) is 3.28. The Morgan fingerprint density at radius 2 is 2.29 bits per heavy atom. The van der Waals surface area contributed by atoms with Gasteiger partial charge < -0.3 is 5.32 Å². The Morgan fingerprint density at radius 3 is 3.00 bits per heavy atom. The molecule has 1 saturated heterocycles. The van der Waals surface area contributed by atoms with Crippen LogP contribution in [-0.4, -0.2) is 18.4 Å². The summed E-state index contributed by atoms with van der Waals surface area (Å²) in [6.45, 7) is 2.38. The number of hydrogen-bond donors (Lipinski definition) is 2. The smallest absolute Gasteiger partial charge is 0.254 e. The Balaban J connectivity index is 2.32. The largest absolute Gasteiger partial charge is 0.340 e. The predicted octanol–water partition coefficient (Wildman–Crippen LogP) is 1.62. The van der Waals surface area contributed by atoms with Gasteiger partial charge in [-0.05, 0) is 13.0 Å². The highest BCUT2D eigenvalue weighted by Gasteiger charge is 2.31. The van der Waals surface area contributed by atoms with Gasteiger partial charge >= 0.3 is 0 Å². The van der Waals surface area contributed by atoms with Crippen LogP contribution in [0.4, 0.5) is 4.39 Å². The summed E-state index contributed by atoms with van der Waals surface area (Å²) >= 11 is 5.67. The molecule has 1 aromatic carbocycles. The average Bonchev–Trinajstić information content (AvgIpc) is 2.64. The standard InChI is InChI=1S/C11H11ClFN3O/c1-2-14-11-15-9(10(17)16-11)6-4-3-5-7(12)8(6)13/h3-5,9H,2H2,1H3,(H2,14,15,16,17). The first-order valence-corrected chi connectivity index (χ1v) is 5.57. The van der Waals surface area contributed by atoms with E-state index in [0.29, 0.717) is 12.5 Å². The molecule has 1 aliphatic rings. The number of rotatable bonds is 2. The number of halogens is 2. The monoisotopic (exact) mass is 255 g/mol. The number of nitrogens with one attached hydrogen (secondary N) is 2. The van der Waals surface area contributed by atoms with Gasteiger partial charge in [-0.3, -0.25) is 15.1 Å². The minimum absolute atomic E-state index is 0.00187. The molecule has 2 N–H and O–H groups in total. The van der Waals surface area contributed by atoms with Crippen molar-refractivity contribution in [2.24, 2.45) is 4.99 Å². The molecule has 0 aliphatic carbocycles. The van der Waals surface area contributed by atoms with Gasteiger partial charge in [-0.1, -0.05) is 23.7 Å². The fourth-order valence-electron chi connectivity index (χ4n) is 1.63. The van der Waals surface area contributed by atoms with Gasteiger partial charge in [-0.15, -0.1) is 0 Å². The Morgan fingerprint density at radius 1 is 1.53 bits per heavy atom. The van der Waals surface area contributed by atoms with Gasteiger partial charge in [-0.2, -0.15) is 0 Å². The molecule has 17 heavy (non-hydrogen) atoms. The van der Waals surface area contributed by atoms with Crippen LogP contribution >= 0.6 is 11.6 Å². The summed E-state index contributed by atoms with van der Waals surface area (Å²) in [6, 6.07) is 3.78. The third kappa shape index (κ3) is 2.24. The third-order valence-corrected chi connectivity index (χ3v) is 2.69. The molecule has 90 valence electrons. The third-order valence-electron chi connectivity index (χ3n) is 2.39. The van der Waals surface area contributed by atoms with Crippen LogP contribution in [0.5, 0.6) is 0 Å². The minimum Gasteiger partial charge on any atom is -0.340 e. The highest BCUT2D eigenvalue weighted by atomic mass is 35.5. The first-order chi connectivity index (χ1) is 8.13. The van der Waals surface area contributed by atoms with E-state index in [1.165, 1.54) is 12.1 Å². The molecule has 6 heteroatoms. The quantitative estimate of drug-likeness (QED) is 0.844. The van der Waals surface area contributed by atoms with E-state index >= 15 is 0 Å². The van der Waals surface area contributed by atoms with Crippen molar-refractivity contribution >= 4 is 23.5 Å². The lowest BCUT2D eigenvalue weighted by atomic mass is 10.1. The molecule has 1 aromatic rings. The van der Waals surface area contributed by atoms with Crippen molar-refractivity contribution in [1.82, 2.24) is 10.6 Å². The lowest BCUT2D eigenvalue weighted by Crippen LogP contribution is -2.25. The van der Waals surface area contributed by atoms with Crippen molar-refractivity contribution < 1.29 is 9.18 Å². The molecule has 0 spiro atoms. The van der Waals surface area contributed by atoms with Crippen LogP contribution < -0.4 is 10.6 Å². The van der Waals surface area contributed by atoms with Gasteiger partial charge in [0.25, 0.3) is 5.91 Å². The molecule has 1 atom stereocenters. The van der Waals surface area contributed by atoms with Gasteiger partial charge in [-0.25, -0.2) is 4.39 Å². The highest BCUT2D eigenvalue weighted by molar-refractivity contribution is 6.30. The topological polar surface area (TPSA) is 53.5 Å². The van der Waals surface area contributed by atoms with Crippen molar-refractivity contribution in [2.75, 3.05) is 6.54 Å². The summed E-state index contributed by atoms with van der Waals surface area (Å²) in [5, 5.41) is 5.36. The molecule has 2 rings (SSSR count). The predicted molar refractivity (Wildman–Crippen MR) is 63.4 cm³/mol.